The van der Waals surface area contributed by atoms with E-state index in [1.165, 1.54) is 4.90 Å². The van der Waals surface area contributed by atoms with Gasteiger partial charge in [0.25, 0.3) is 5.24 Å². The van der Waals surface area contributed by atoms with Crippen LogP contribution >= 0.6 is 11.8 Å². The Hall–Kier alpha value is -2.22. The van der Waals surface area contributed by atoms with Crippen molar-refractivity contribution >= 4 is 28.9 Å². The lowest BCUT2D eigenvalue weighted by Crippen LogP contribution is -2.68. The van der Waals surface area contributed by atoms with Crippen molar-refractivity contribution in [3.8, 4) is 5.75 Å². The Kier molecular flexibility index (Phi) is 7.76. The van der Waals surface area contributed by atoms with Gasteiger partial charge in [0.05, 0.1) is 7.11 Å². The predicted octanol–water partition coefficient (Wildman–Crippen LogP) is 4.74. The van der Waals surface area contributed by atoms with Crippen molar-refractivity contribution in [3.63, 3.8) is 0 Å². The molecule has 1 aromatic carbocycles. The maximum Gasteiger partial charge on any atom is 0.330 e. The first kappa shape index (κ1) is 24.8. The molecule has 0 saturated heterocycles. The standard InChI is InChI=1S/C21H31NO6S/c1-19(2,3)21(17(25)26,13-12-16(23)24)22(20(4,5)6)18(27)29-15-10-8-14(28-7)9-11-15/h8-11H,12-13H2,1-7H3,(H,23,24)(H,25,26)/t21-/m0/s1. The van der Waals surface area contributed by atoms with Crippen molar-refractivity contribution in [2.45, 2.75) is 70.4 Å². The van der Waals surface area contributed by atoms with Crippen LogP contribution in [0.4, 0.5) is 4.79 Å². The van der Waals surface area contributed by atoms with E-state index >= 15 is 0 Å². The van der Waals surface area contributed by atoms with Crippen LogP contribution in [-0.4, -0.2) is 50.5 Å². The van der Waals surface area contributed by atoms with E-state index in [4.69, 9.17) is 4.74 Å². The Balaban J connectivity index is 3.50. The minimum atomic E-state index is -1.71. The van der Waals surface area contributed by atoms with E-state index in [0.29, 0.717) is 10.6 Å². The number of aliphatic carboxylic acids is 2. The number of hydrogen-bond donors (Lipinski definition) is 2. The van der Waals surface area contributed by atoms with Gasteiger partial charge in [0.1, 0.15) is 11.3 Å². The summed E-state index contributed by atoms with van der Waals surface area (Å²) < 4.78 is 5.12. The van der Waals surface area contributed by atoms with Crippen molar-refractivity contribution in [3.05, 3.63) is 24.3 Å². The number of rotatable bonds is 7. The van der Waals surface area contributed by atoms with Gasteiger partial charge in [-0.25, -0.2) is 4.79 Å². The van der Waals surface area contributed by atoms with Crippen LogP contribution in [0.1, 0.15) is 54.4 Å². The van der Waals surface area contributed by atoms with Crippen molar-refractivity contribution in [2.24, 2.45) is 5.41 Å². The van der Waals surface area contributed by atoms with Gasteiger partial charge >= 0.3 is 11.9 Å². The Labute approximate surface area is 176 Å². The molecule has 1 aromatic rings. The monoisotopic (exact) mass is 425 g/mol. The summed E-state index contributed by atoms with van der Waals surface area (Å²) in [5.41, 5.74) is -3.49. The lowest BCUT2D eigenvalue weighted by molar-refractivity contribution is -0.163. The molecular weight excluding hydrogens is 394 g/mol. The smallest absolute Gasteiger partial charge is 0.330 e. The number of carboxylic acids is 2. The van der Waals surface area contributed by atoms with Crippen molar-refractivity contribution < 1.29 is 29.3 Å². The molecule has 0 aromatic heterocycles. The first-order valence-electron chi connectivity index (χ1n) is 9.28. The first-order chi connectivity index (χ1) is 13.2. The molecule has 1 atom stereocenters. The van der Waals surface area contributed by atoms with E-state index in [0.717, 1.165) is 11.8 Å². The number of benzene rings is 1. The van der Waals surface area contributed by atoms with Gasteiger partial charge in [0, 0.05) is 16.9 Å². The molecular formula is C21H31NO6S. The molecule has 0 fully saturated rings. The summed E-state index contributed by atoms with van der Waals surface area (Å²) in [6.07, 6.45) is -0.565. The highest BCUT2D eigenvalue weighted by atomic mass is 32.2. The van der Waals surface area contributed by atoms with Crippen LogP contribution in [0.3, 0.4) is 0 Å². The number of thioether (sulfide) groups is 1. The largest absolute Gasteiger partial charge is 0.497 e. The molecule has 0 aliphatic heterocycles. The number of carbonyl (C=O) groups is 3. The summed E-state index contributed by atoms with van der Waals surface area (Å²) in [7, 11) is 1.54. The van der Waals surface area contributed by atoms with Gasteiger partial charge in [-0.3, -0.25) is 9.59 Å². The summed E-state index contributed by atoms with van der Waals surface area (Å²) in [6, 6.07) is 6.88. The van der Waals surface area contributed by atoms with Gasteiger partial charge in [-0.1, -0.05) is 20.8 Å². The Morgan fingerprint density at radius 3 is 1.86 bits per heavy atom. The highest BCUT2D eigenvalue weighted by molar-refractivity contribution is 8.13. The second kappa shape index (κ2) is 9.07. The second-order valence-electron chi connectivity index (χ2n) is 8.86. The normalized spacial score (nSPS) is 14.0. The zero-order valence-corrected chi connectivity index (χ0v) is 18.9. The fraction of sp³-hybridized carbons (Fsp3) is 0.571. The number of carboxylic acid groups (broad SMARTS) is 2. The topological polar surface area (TPSA) is 104 Å². The average molecular weight is 426 g/mol. The summed E-state index contributed by atoms with van der Waals surface area (Å²) in [6.45, 7) is 10.4. The van der Waals surface area contributed by atoms with Gasteiger partial charge in [-0.15, -0.1) is 0 Å². The van der Waals surface area contributed by atoms with Crippen LogP contribution in [0.5, 0.6) is 5.75 Å². The predicted molar refractivity (Wildman–Crippen MR) is 113 cm³/mol. The van der Waals surface area contributed by atoms with Crippen molar-refractivity contribution in [1.29, 1.82) is 0 Å². The van der Waals surface area contributed by atoms with Gasteiger partial charge < -0.3 is 19.8 Å². The summed E-state index contributed by atoms with van der Waals surface area (Å²) in [5.74, 6) is -1.68. The van der Waals surface area contributed by atoms with Gasteiger partial charge in [0.15, 0.2) is 0 Å². The van der Waals surface area contributed by atoms with E-state index in [1.807, 2.05) is 0 Å². The quantitative estimate of drug-likeness (QED) is 0.608. The molecule has 2 N–H and O–H groups in total. The molecule has 0 spiro atoms. The number of nitrogens with zero attached hydrogens (tertiary/aromatic N) is 1. The summed E-state index contributed by atoms with van der Waals surface area (Å²) >= 11 is 0.913. The third-order valence-electron chi connectivity index (χ3n) is 4.79. The van der Waals surface area contributed by atoms with Gasteiger partial charge in [-0.05, 0) is 68.6 Å². The molecule has 0 saturated carbocycles. The van der Waals surface area contributed by atoms with E-state index < -0.39 is 33.7 Å². The molecule has 0 heterocycles. The Morgan fingerprint density at radius 2 is 1.52 bits per heavy atom. The third-order valence-corrected chi connectivity index (χ3v) is 5.66. The highest BCUT2D eigenvalue weighted by Gasteiger charge is 2.58. The van der Waals surface area contributed by atoms with Gasteiger partial charge in [-0.2, -0.15) is 0 Å². The number of hydrogen-bond acceptors (Lipinski definition) is 5. The first-order valence-corrected chi connectivity index (χ1v) is 10.1. The maximum atomic E-state index is 13.4. The molecule has 0 unspecified atom stereocenters. The number of amides is 1. The maximum absolute atomic E-state index is 13.4. The van der Waals surface area contributed by atoms with Crippen molar-refractivity contribution in [2.75, 3.05) is 7.11 Å². The molecule has 162 valence electrons. The zero-order valence-electron chi connectivity index (χ0n) is 18.1. The molecule has 8 heteroatoms. The van der Waals surface area contributed by atoms with Gasteiger partial charge in [0.2, 0.25) is 0 Å². The Morgan fingerprint density at radius 1 is 1.00 bits per heavy atom. The van der Waals surface area contributed by atoms with E-state index in [-0.39, 0.29) is 12.8 Å². The molecule has 0 bridgehead atoms. The average Bonchev–Trinajstić information content (AvgIpc) is 2.56. The third kappa shape index (κ3) is 5.65. The van der Waals surface area contributed by atoms with E-state index in [1.54, 1.807) is 72.9 Å². The fourth-order valence-corrected chi connectivity index (χ4v) is 4.42. The molecule has 0 radical (unpaired) electrons. The highest BCUT2D eigenvalue weighted by Crippen LogP contribution is 2.45. The van der Waals surface area contributed by atoms with E-state index in [2.05, 4.69) is 0 Å². The van der Waals surface area contributed by atoms with Crippen LogP contribution in [-0.2, 0) is 9.59 Å². The van der Waals surface area contributed by atoms with Crippen LogP contribution in [0.2, 0.25) is 0 Å². The number of carbonyl (C=O) groups excluding carboxylic acids is 1. The van der Waals surface area contributed by atoms with E-state index in [9.17, 15) is 24.6 Å². The van der Waals surface area contributed by atoms with Crippen molar-refractivity contribution in [1.82, 2.24) is 4.90 Å². The number of methoxy groups -OCH3 is 1. The molecule has 0 aliphatic rings. The Bertz CT molecular complexity index is 748. The lowest BCUT2D eigenvalue weighted by Gasteiger charge is -2.54. The SMILES string of the molecule is COc1ccc(SC(=O)N(C(C)(C)C)[C@@](CCC(=O)O)(C(=O)O)C(C)(C)C)cc1. The molecule has 1 amide bonds. The van der Waals surface area contributed by atoms with Crippen LogP contribution in [0, 0.1) is 5.41 Å². The summed E-state index contributed by atoms with van der Waals surface area (Å²) in [4.78, 5) is 39.2. The molecule has 29 heavy (non-hydrogen) atoms. The minimum absolute atomic E-state index is 0.201. The zero-order chi connectivity index (χ0) is 22.6. The van der Waals surface area contributed by atoms with Crippen LogP contribution in [0.15, 0.2) is 29.2 Å². The second-order valence-corrected chi connectivity index (χ2v) is 9.88. The minimum Gasteiger partial charge on any atom is -0.497 e. The molecule has 1 rings (SSSR count). The fourth-order valence-electron chi connectivity index (χ4n) is 3.43. The van der Waals surface area contributed by atoms with Crippen LogP contribution in [0.25, 0.3) is 0 Å². The lowest BCUT2D eigenvalue weighted by atomic mass is 9.68. The molecule has 7 nitrogen and oxygen atoms in total. The number of ether oxygens (including phenoxy) is 1. The summed E-state index contributed by atoms with van der Waals surface area (Å²) in [5, 5.41) is 19.0. The van der Waals surface area contributed by atoms with Crippen LogP contribution < -0.4 is 4.74 Å². The molecule has 0 aliphatic carbocycles.